The van der Waals surface area contributed by atoms with Crippen LogP contribution in [0.2, 0.25) is 0 Å². The van der Waals surface area contributed by atoms with Crippen molar-refractivity contribution in [2.24, 2.45) is 5.73 Å². The van der Waals surface area contributed by atoms with Crippen LogP contribution < -0.4 is 16.4 Å². The summed E-state index contributed by atoms with van der Waals surface area (Å²) in [5, 5.41) is 13.6. The van der Waals surface area contributed by atoms with Gasteiger partial charge in [-0.25, -0.2) is 4.79 Å². The van der Waals surface area contributed by atoms with Gasteiger partial charge in [0.05, 0.1) is 18.6 Å². The van der Waals surface area contributed by atoms with Gasteiger partial charge >= 0.3 is 12.0 Å². The van der Waals surface area contributed by atoms with Crippen molar-refractivity contribution in [3.05, 3.63) is 0 Å². The molecule has 1 fully saturated rings. The first-order chi connectivity index (χ1) is 8.90. The van der Waals surface area contributed by atoms with Crippen LogP contribution in [0.25, 0.3) is 0 Å². The molecule has 0 saturated carbocycles. The summed E-state index contributed by atoms with van der Waals surface area (Å²) in [6.07, 6.45) is 0.925. The number of nitrogens with two attached hydrogens (primary N) is 1. The van der Waals surface area contributed by atoms with Gasteiger partial charge in [0.1, 0.15) is 0 Å². The summed E-state index contributed by atoms with van der Waals surface area (Å²) >= 11 is 0. The third-order valence-corrected chi connectivity index (χ3v) is 2.82. The minimum absolute atomic E-state index is 0.239. The lowest BCUT2D eigenvalue weighted by molar-refractivity contribution is -0.139. The first kappa shape index (κ1) is 15.2. The van der Waals surface area contributed by atoms with Crippen molar-refractivity contribution in [2.45, 2.75) is 38.4 Å². The fraction of sp³-hybridized carbons (Fsp3) is 0.727. The van der Waals surface area contributed by atoms with Crippen molar-refractivity contribution in [1.82, 2.24) is 15.5 Å². The molecular weight excluding hydrogens is 252 g/mol. The van der Waals surface area contributed by atoms with E-state index >= 15 is 0 Å². The monoisotopic (exact) mass is 272 g/mol. The summed E-state index contributed by atoms with van der Waals surface area (Å²) in [5.41, 5.74) is 5.40. The second kappa shape index (κ2) is 6.93. The van der Waals surface area contributed by atoms with Crippen LogP contribution in [0, 0.1) is 0 Å². The van der Waals surface area contributed by atoms with Gasteiger partial charge in [-0.15, -0.1) is 0 Å². The Morgan fingerprint density at radius 2 is 1.84 bits per heavy atom. The minimum Gasteiger partial charge on any atom is -0.481 e. The molecule has 1 aliphatic rings. The molecule has 19 heavy (non-hydrogen) atoms. The topological polar surface area (TPSA) is 125 Å². The lowest BCUT2D eigenvalue weighted by Gasteiger charge is -2.22. The predicted molar refractivity (Wildman–Crippen MR) is 67.2 cm³/mol. The van der Waals surface area contributed by atoms with Crippen LogP contribution in [0.3, 0.4) is 0 Å². The number of urea groups is 1. The van der Waals surface area contributed by atoms with Crippen molar-refractivity contribution in [3.8, 4) is 0 Å². The molecule has 0 bridgehead atoms. The Kier molecular flexibility index (Phi) is 5.56. The Morgan fingerprint density at radius 3 is 2.37 bits per heavy atom. The van der Waals surface area contributed by atoms with Gasteiger partial charge in [0, 0.05) is 13.1 Å². The number of carboxylic acids is 1. The van der Waals surface area contributed by atoms with E-state index in [0.717, 1.165) is 12.8 Å². The summed E-state index contributed by atoms with van der Waals surface area (Å²) in [5.74, 6) is -1.74. The third kappa shape index (κ3) is 5.12. The highest BCUT2D eigenvalue weighted by molar-refractivity contribution is 5.86. The molecule has 0 spiro atoms. The Morgan fingerprint density at radius 1 is 1.26 bits per heavy atom. The Bertz CT molecular complexity index is 355. The molecular formula is C11H20N4O4. The molecule has 0 aromatic rings. The number of nitrogens with one attached hydrogen (secondary N) is 2. The predicted octanol–water partition coefficient (Wildman–Crippen LogP) is -0.944. The van der Waals surface area contributed by atoms with Gasteiger partial charge in [-0.3, -0.25) is 9.59 Å². The van der Waals surface area contributed by atoms with Crippen LogP contribution >= 0.6 is 0 Å². The number of carbonyl (C=O) groups is 3. The normalized spacial score (nSPS) is 17.7. The summed E-state index contributed by atoms with van der Waals surface area (Å²) in [7, 11) is 0. The molecule has 0 aliphatic carbocycles. The lowest BCUT2D eigenvalue weighted by Crippen LogP contribution is -2.53. The molecule has 5 N–H and O–H groups in total. The van der Waals surface area contributed by atoms with E-state index in [1.165, 1.54) is 0 Å². The van der Waals surface area contributed by atoms with Gasteiger partial charge < -0.3 is 26.4 Å². The van der Waals surface area contributed by atoms with E-state index in [4.69, 9.17) is 10.8 Å². The molecule has 1 heterocycles. The van der Waals surface area contributed by atoms with Crippen molar-refractivity contribution < 1.29 is 19.5 Å². The average molecular weight is 272 g/mol. The maximum Gasteiger partial charge on any atom is 0.318 e. The molecule has 3 amide bonds. The molecule has 0 radical (unpaired) electrons. The number of nitrogens with zero attached hydrogens (tertiary/aromatic N) is 1. The highest BCUT2D eigenvalue weighted by Crippen LogP contribution is 2.06. The summed E-state index contributed by atoms with van der Waals surface area (Å²) in [4.78, 5) is 35.3. The van der Waals surface area contributed by atoms with Gasteiger partial charge in [0.2, 0.25) is 5.91 Å². The van der Waals surface area contributed by atoms with E-state index in [-0.39, 0.29) is 6.03 Å². The highest BCUT2D eigenvalue weighted by Gasteiger charge is 2.22. The highest BCUT2D eigenvalue weighted by atomic mass is 16.4. The van der Waals surface area contributed by atoms with Crippen molar-refractivity contribution in [3.63, 3.8) is 0 Å². The van der Waals surface area contributed by atoms with Crippen LogP contribution in [-0.2, 0) is 9.59 Å². The molecule has 0 aromatic heterocycles. The van der Waals surface area contributed by atoms with Crippen molar-refractivity contribution in [1.29, 1.82) is 0 Å². The van der Waals surface area contributed by atoms with E-state index in [1.54, 1.807) is 11.8 Å². The molecule has 8 heteroatoms. The number of hydrogen-bond donors (Lipinski definition) is 4. The Balaban J connectivity index is 2.33. The summed E-state index contributed by atoms with van der Waals surface area (Å²) < 4.78 is 0. The van der Waals surface area contributed by atoms with Crippen LogP contribution in [0.15, 0.2) is 0 Å². The zero-order chi connectivity index (χ0) is 14.4. The summed E-state index contributed by atoms with van der Waals surface area (Å²) in [6.45, 7) is 3.02. The Labute approximate surface area is 111 Å². The second-order valence-corrected chi connectivity index (χ2v) is 4.58. The van der Waals surface area contributed by atoms with E-state index in [0.29, 0.717) is 13.1 Å². The van der Waals surface area contributed by atoms with Crippen LogP contribution in [-0.4, -0.2) is 53.2 Å². The summed E-state index contributed by atoms with van der Waals surface area (Å²) in [6, 6.07) is -1.36. The largest absolute Gasteiger partial charge is 0.481 e. The Hall–Kier alpha value is -1.83. The maximum atomic E-state index is 11.7. The van der Waals surface area contributed by atoms with Crippen molar-refractivity contribution in [2.75, 3.05) is 13.1 Å². The molecule has 2 atom stereocenters. The van der Waals surface area contributed by atoms with Gasteiger partial charge in [0.15, 0.2) is 0 Å². The van der Waals surface area contributed by atoms with E-state index in [2.05, 4.69) is 10.6 Å². The smallest absolute Gasteiger partial charge is 0.318 e. The number of amides is 3. The lowest BCUT2D eigenvalue weighted by atomic mass is 10.2. The fourth-order valence-electron chi connectivity index (χ4n) is 1.83. The SMILES string of the molecule is CC(NC(=O)C(N)CC(=O)O)NC(=O)N1CCCC1. The van der Waals surface area contributed by atoms with Crippen LogP contribution in [0.5, 0.6) is 0 Å². The van der Waals surface area contributed by atoms with E-state index < -0.39 is 30.5 Å². The number of aliphatic carboxylic acids is 1. The molecule has 1 rings (SSSR count). The number of carbonyl (C=O) groups excluding carboxylic acids is 2. The standard InChI is InChI=1S/C11H20N4O4/c1-7(13-10(18)8(12)6-9(16)17)14-11(19)15-4-2-3-5-15/h7-8H,2-6,12H2,1H3,(H,13,18)(H,14,19)(H,16,17). The fourth-order valence-corrected chi connectivity index (χ4v) is 1.83. The molecule has 2 unspecified atom stereocenters. The van der Waals surface area contributed by atoms with Gasteiger partial charge in [-0.1, -0.05) is 0 Å². The second-order valence-electron chi connectivity index (χ2n) is 4.58. The van der Waals surface area contributed by atoms with E-state index in [9.17, 15) is 14.4 Å². The number of carboxylic acid groups (broad SMARTS) is 1. The quantitative estimate of drug-likeness (QED) is 0.480. The zero-order valence-corrected chi connectivity index (χ0v) is 10.9. The zero-order valence-electron chi connectivity index (χ0n) is 10.9. The van der Waals surface area contributed by atoms with Gasteiger partial charge in [0.25, 0.3) is 0 Å². The molecule has 0 aromatic carbocycles. The van der Waals surface area contributed by atoms with Gasteiger partial charge in [-0.05, 0) is 19.8 Å². The van der Waals surface area contributed by atoms with Gasteiger partial charge in [-0.2, -0.15) is 0 Å². The van der Waals surface area contributed by atoms with Crippen LogP contribution in [0.1, 0.15) is 26.2 Å². The minimum atomic E-state index is -1.14. The molecule has 108 valence electrons. The maximum absolute atomic E-state index is 11.7. The third-order valence-electron chi connectivity index (χ3n) is 2.82. The number of likely N-dealkylation sites (tertiary alicyclic amines) is 1. The molecule has 1 aliphatic heterocycles. The average Bonchev–Trinajstić information content (AvgIpc) is 2.80. The molecule has 1 saturated heterocycles. The van der Waals surface area contributed by atoms with E-state index in [1.807, 2.05) is 0 Å². The number of rotatable bonds is 5. The van der Waals surface area contributed by atoms with Crippen molar-refractivity contribution >= 4 is 17.9 Å². The van der Waals surface area contributed by atoms with Crippen LogP contribution in [0.4, 0.5) is 4.79 Å². The number of hydrogen-bond acceptors (Lipinski definition) is 4. The first-order valence-electron chi connectivity index (χ1n) is 6.23. The first-order valence-corrected chi connectivity index (χ1v) is 6.23. The molecule has 8 nitrogen and oxygen atoms in total.